The van der Waals surface area contributed by atoms with Crippen molar-refractivity contribution in [3.8, 4) is 0 Å². The van der Waals surface area contributed by atoms with Gasteiger partial charge >= 0.3 is 23.6 Å². The van der Waals surface area contributed by atoms with E-state index in [1.165, 1.54) is 0 Å². The monoisotopic (exact) mass is 395 g/mol. The van der Waals surface area contributed by atoms with E-state index in [1.54, 1.807) is 24.3 Å². The zero-order valence-corrected chi connectivity index (χ0v) is 14.3. The van der Waals surface area contributed by atoms with Crippen LogP contribution in [0.3, 0.4) is 0 Å². The Morgan fingerprint density at radius 3 is 2.00 bits per heavy atom. The molecule has 0 saturated carbocycles. The van der Waals surface area contributed by atoms with Gasteiger partial charge in [-0.2, -0.15) is 10.2 Å². The summed E-state index contributed by atoms with van der Waals surface area (Å²) in [5.74, 6) is -4.98. The fourth-order valence-electron chi connectivity index (χ4n) is 2.03. The minimum atomic E-state index is -1.28. The molecule has 0 aliphatic carbocycles. The molecule has 1 saturated heterocycles. The minimum Gasteiger partial charge on any atom is -0.361 e. The molecule has 0 spiro atoms. The number of halogens is 1. The van der Waals surface area contributed by atoms with Crippen LogP contribution in [0.25, 0.3) is 0 Å². The lowest BCUT2D eigenvalue weighted by atomic mass is 10.0. The Labute approximate surface area is 156 Å². The Kier molecular flexibility index (Phi) is 6.18. The lowest BCUT2D eigenvalue weighted by Crippen LogP contribution is -2.38. The standard InChI is InChI=1S/C14H14ClN7O5/c15-6-4-2-1-3-5(6)9-7(19-21-13(25)10(16)23)8(12(18)27-9)20-22-14(26)11(17)24/h1-4,9,12H,18H2,(H2,16,23)(H2,17,24)(H,21,25)(H,22,26)/b19-7?,20-8+/t9-,12-/m0/s1. The van der Waals surface area contributed by atoms with Gasteiger partial charge in [0.05, 0.1) is 0 Å². The zero-order chi connectivity index (χ0) is 20.1. The molecule has 2 rings (SSSR count). The molecule has 0 aromatic heterocycles. The first-order valence-corrected chi connectivity index (χ1v) is 7.60. The average Bonchev–Trinajstić information content (AvgIpc) is 2.93. The Morgan fingerprint density at radius 1 is 0.963 bits per heavy atom. The van der Waals surface area contributed by atoms with Gasteiger partial charge < -0.3 is 21.9 Å². The van der Waals surface area contributed by atoms with Gasteiger partial charge in [0, 0.05) is 10.6 Å². The van der Waals surface area contributed by atoms with E-state index in [2.05, 4.69) is 10.2 Å². The molecule has 0 radical (unpaired) electrons. The first-order chi connectivity index (χ1) is 12.7. The molecule has 27 heavy (non-hydrogen) atoms. The molecular formula is C14H14ClN7O5. The summed E-state index contributed by atoms with van der Waals surface area (Å²) >= 11 is 6.14. The summed E-state index contributed by atoms with van der Waals surface area (Å²) in [7, 11) is 0. The third-order valence-electron chi connectivity index (χ3n) is 3.25. The number of rotatable bonds is 3. The summed E-state index contributed by atoms with van der Waals surface area (Å²) in [4.78, 5) is 44.4. The highest BCUT2D eigenvalue weighted by atomic mass is 35.5. The fraction of sp³-hybridized carbons (Fsp3) is 0.143. The highest BCUT2D eigenvalue weighted by Gasteiger charge is 2.39. The number of ether oxygens (including phenoxy) is 1. The van der Waals surface area contributed by atoms with Crippen LogP contribution in [0.5, 0.6) is 0 Å². The van der Waals surface area contributed by atoms with Crippen molar-refractivity contribution < 1.29 is 23.9 Å². The number of benzene rings is 1. The van der Waals surface area contributed by atoms with Gasteiger partial charge in [-0.15, -0.1) is 0 Å². The van der Waals surface area contributed by atoms with Gasteiger partial charge in [-0.05, 0) is 6.07 Å². The molecule has 1 aromatic rings. The predicted molar refractivity (Wildman–Crippen MR) is 92.8 cm³/mol. The second-order valence-corrected chi connectivity index (χ2v) is 5.47. The summed E-state index contributed by atoms with van der Waals surface area (Å²) in [6.07, 6.45) is -2.20. The van der Waals surface area contributed by atoms with E-state index in [4.69, 9.17) is 33.5 Å². The maximum absolute atomic E-state index is 11.4. The van der Waals surface area contributed by atoms with Crippen LogP contribution in [0.15, 0.2) is 34.5 Å². The molecule has 8 N–H and O–H groups in total. The third kappa shape index (κ3) is 4.63. The molecule has 13 heteroatoms. The lowest BCUT2D eigenvalue weighted by Gasteiger charge is -2.12. The molecule has 0 bridgehead atoms. The number of hydrogen-bond donors (Lipinski definition) is 5. The maximum Gasteiger partial charge on any atom is 0.329 e. The van der Waals surface area contributed by atoms with E-state index in [9.17, 15) is 19.2 Å². The third-order valence-corrected chi connectivity index (χ3v) is 3.60. The topological polar surface area (TPSA) is 204 Å². The van der Waals surface area contributed by atoms with Crippen molar-refractivity contribution in [3.05, 3.63) is 34.9 Å². The molecule has 142 valence electrons. The molecule has 2 atom stereocenters. The van der Waals surface area contributed by atoms with Gasteiger partial charge in [0.15, 0.2) is 6.23 Å². The number of amides is 4. The van der Waals surface area contributed by atoms with Gasteiger partial charge in [-0.3, -0.25) is 19.2 Å². The molecule has 1 aromatic carbocycles. The molecule has 1 fully saturated rings. The summed E-state index contributed by atoms with van der Waals surface area (Å²) in [6.45, 7) is 0. The van der Waals surface area contributed by atoms with Gasteiger partial charge in [0.25, 0.3) is 0 Å². The van der Waals surface area contributed by atoms with Crippen LogP contribution in [-0.4, -0.2) is 41.3 Å². The Morgan fingerprint density at radius 2 is 1.48 bits per heavy atom. The molecule has 1 aliphatic rings. The van der Waals surface area contributed by atoms with Crippen molar-refractivity contribution in [2.45, 2.75) is 12.3 Å². The Balaban J connectivity index is 2.44. The summed E-state index contributed by atoms with van der Waals surface area (Å²) in [6, 6.07) is 6.53. The molecule has 4 amide bonds. The smallest absolute Gasteiger partial charge is 0.329 e. The van der Waals surface area contributed by atoms with Crippen LogP contribution in [-0.2, 0) is 23.9 Å². The molecule has 12 nitrogen and oxygen atoms in total. The highest BCUT2D eigenvalue weighted by Crippen LogP contribution is 2.32. The number of hydrazone groups is 2. The van der Waals surface area contributed by atoms with E-state index in [-0.39, 0.29) is 11.4 Å². The first kappa shape index (κ1) is 20.0. The van der Waals surface area contributed by atoms with E-state index in [0.717, 1.165) is 0 Å². The highest BCUT2D eigenvalue weighted by molar-refractivity contribution is 6.48. The summed E-state index contributed by atoms with van der Waals surface area (Å²) < 4.78 is 5.54. The second-order valence-electron chi connectivity index (χ2n) is 5.06. The molecule has 0 unspecified atom stereocenters. The van der Waals surface area contributed by atoms with E-state index < -0.39 is 36.0 Å². The quantitative estimate of drug-likeness (QED) is 0.278. The largest absolute Gasteiger partial charge is 0.361 e. The van der Waals surface area contributed by atoms with E-state index in [1.807, 2.05) is 10.9 Å². The van der Waals surface area contributed by atoms with Crippen LogP contribution in [0.1, 0.15) is 11.7 Å². The summed E-state index contributed by atoms with van der Waals surface area (Å²) in [5, 5.41) is 7.71. The van der Waals surface area contributed by atoms with Crippen LogP contribution in [0.2, 0.25) is 5.02 Å². The number of hydrogen-bond acceptors (Lipinski definition) is 8. The van der Waals surface area contributed by atoms with Crippen LogP contribution < -0.4 is 28.1 Å². The van der Waals surface area contributed by atoms with Crippen molar-refractivity contribution >= 4 is 46.7 Å². The van der Waals surface area contributed by atoms with Crippen molar-refractivity contribution in [1.82, 2.24) is 10.9 Å². The number of nitrogens with two attached hydrogens (primary N) is 3. The van der Waals surface area contributed by atoms with Crippen molar-refractivity contribution in [2.24, 2.45) is 27.4 Å². The first-order valence-electron chi connectivity index (χ1n) is 7.23. The van der Waals surface area contributed by atoms with Gasteiger partial charge in [-0.25, -0.2) is 10.9 Å². The van der Waals surface area contributed by atoms with Gasteiger partial charge in [-0.1, -0.05) is 29.8 Å². The fourth-order valence-corrected chi connectivity index (χ4v) is 2.27. The number of carbonyl (C=O) groups excluding carboxylic acids is 4. The average molecular weight is 396 g/mol. The normalized spacial score (nSPS) is 21.9. The van der Waals surface area contributed by atoms with Crippen molar-refractivity contribution in [1.29, 1.82) is 0 Å². The number of nitrogens with one attached hydrogen (secondary N) is 2. The Hall–Kier alpha value is -3.35. The number of carbonyl (C=O) groups is 4. The zero-order valence-electron chi connectivity index (χ0n) is 13.5. The molecule has 1 aliphatic heterocycles. The number of primary amides is 2. The number of nitrogens with zero attached hydrogens (tertiary/aromatic N) is 2. The van der Waals surface area contributed by atoms with E-state index in [0.29, 0.717) is 10.6 Å². The summed E-state index contributed by atoms with van der Waals surface area (Å²) in [5.41, 5.74) is 19.5. The molecule has 1 heterocycles. The van der Waals surface area contributed by atoms with Gasteiger partial charge in [0.2, 0.25) is 0 Å². The van der Waals surface area contributed by atoms with E-state index >= 15 is 0 Å². The van der Waals surface area contributed by atoms with Crippen LogP contribution in [0.4, 0.5) is 0 Å². The SMILES string of the molecule is NC(=O)C(=O)NN=C1/C(=N\NC(=O)C(N)=O)[C@@H](N)O[C@H]1c1ccccc1Cl. The predicted octanol–water partition coefficient (Wildman–Crippen LogP) is -2.39. The van der Waals surface area contributed by atoms with Gasteiger partial charge in [0.1, 0.15) is 17.5 Å². The van der Waals surface area contributed by atoms with Crippen molar-refractivity contribution in [2.75, 3.05) is 0 Å². The second kappa shape index (κ2) is 8.35. The Bertz CT molecular complexity index is 869. The maximum atomic E-state index is 11.4. The minimum absolute atomic E-state index is 0.0741. The van der Waals surface area contributed by atoms with Crippen LogP contribution in [0, 0.1) is 0 Å². The van der Waals surface area contributed by atoms with Crippen molar-refractivity contribution in [3.63, 3.8) is 0 Å². The lowest BCUT2D eigenvalue weighted by molar-refractivity contribution is -0.137. The molecular weight excluding hydrogens is 382 g/mol. The van der Waals surface area contributed by atoms with Crippen LogP contribution >= 0.6 is 11.6 Å².